The van der Waals surface area contributed by atoms with Crippen LogP contribution in [0.15, 0.2) is 12.1 Å². The Balaban J connectivity index is 3.37. The molecule has 0 fully saturated rings. The van der Waals surface area contributed by atoms with Crippen molar-refractivity contribution in [3.05, 3.63) is 27.8 Å². The van der Waals surface area contributed by atoms with Gasteiger partial charge in [-0.15, -0.1) is 0 Å². The molecule has 0 heterocycles. The van der Waals surface area contributed by atoms with Gasteiger partial charge >= 0.3 is 5.97 Å². The number of anilines is 1. The van der Waals surface area contributed by atoms with Crippen molar-refractivity contribution in [3.63, 3.8) is 0 Å². The number of nitrogen functional groups attached to an aromatic ring is 1. The number of nitro groups is 1. The average Bonchev–Trinajstić information content (AvgIpc) is 2.20. The number of hydrogen-bond acceptors (Lipinski definition) is 6. The Bertz CT molecular complexity index is 429. The molecule has 0 aliphatic heterocycles. The quantitative estimate of drug-likeness (QED) is 0.244. The highest BCUT2D eigenvalue weighted by molar-refractivity contribution is 5.95. The van der Waals surface area contributed by atoms with Crippen LogP contribution in [-0.4, -0.2) is 23.1 Å². The zero-order valence-electron chi connectivity index (χ0n) is 7.76. The molecule has 0 saturated carbocycles. The first kappa shape index (κ1) is 10.8. The maximum atomic E-state index is 11.1. The fraction of sp³-hybridized carbons (Fsp3) is 0.125. The van der Waals surface area contributed by atoms with Gasteiger partial charge in [0.15, 0.2) is 5.75 Å². The molecule has 0 amide bonds. The van der Waals surface area contributed by atoms with Gasteiger partial charge in [0.25, 0.3) is 5.69 Å². The Labute approximate surface area is 84.2 Å². The molecule has 80 valence electrons. The molecule has 3 N–H and O–H groups in total. The van der Waals surface area contributed by atoms with Gasteiger partial charge in [-0.25, -0.2) is 4.79 Å². The zero-order valence-corrected chi connectivity index (χ0v) is 7.76. The van der Waals surface area contributed by atoms with E-state index in [0.29, 0.717) is 0 Å². The maximum Gasteiger partial charge on any atom is 0.341 e. The van der Waals surface area contributed by atoms with Gasteiger partial charge in [0, 0.05) is 12.1 Å². The van der Waals surface area contributed by atoms with Crippen molar-refractivity contribution in [1.29, 1.82) is 0 Å². The number of nitrogens with zero attached hydrogens (tertiary/aromatic N) is 1. The Morgan fingerprint density at radius 3 is 2.67 bits per heavy atom. The first-order valence-electron chi connectivity index (χ1n) is 3.82. The molecule has 0 atom stereocenters. The Hall–Kier alpha value is -2.31. The molecule has 1 rings (SSSR count). The molecule has 7 heteroatoms. The van der Waals surface area contributed by atoms with Gasteiger partial charge in [-0.2, -0.15) is 0 Å². The van der Waals surface area contributed by atoms with Crippen molar-refractivity contribution in [2.75, 3.05) is 12.8 Å². The van der Waals surface area contributed by atoms with Crippen molar-refractivity contribution >= 4 is 17.3 Å². The SMILES string of the molecule is COC(=O)c1cc([N+](=O)[O-])cc(N)c1O. The number of carbonyl (C=O) groups excluding carboxylic acids is 1. The summed E-state index contributed by atoms with van der Waals surface area (Å²) >= 11 is 0. The van der Waals surface area contributed by atoms with E-state index in [2.05, 4.69) is 4.74 Å². The molecule has 0 aliphatic rings. The number of esters is 1. The second kappa shape index (κ2) is 3.82. The normalized spacial score (nSPS) is 9.67. The molecular formula is C8H8N2O5. The number of aromatic hydroxyl groups is 1. The minimum atomic E-state index is -0.886. The van der Waals surface area contributed by atoms with E-state index >= 15 is 0 Å². The third kappa shape index (κ3) is 1.96. The highest BCUT2D eigenvalue weighted by Gasteiger charge is 2.19. The lowest BCUT2D eigenvalue weighted by Crippen LogP contribution is -2.04. The summed E-state index contributed by atoms with van der Waals surface area (Å²) in [7, 11) is 1.09. The maximum absolute atomic E-state index is 11.1. The number of rotatable bonds is 2. The fourth-order valence-corrected chi connectivity index (χ4v) is 1.01. The van der Waals surface area contributed by atoms with E-state index in [-0.39, 0.29) is 16.9 Å². The van der Waals surface area contributed by atoms with Crippen LogP contribution in [0.1, 0.15) is 10.4 Å². The number of methoxy groups -OCH3 is 1. The highest BCUT2D eigenvalue weighted by atomic mass is 16.6. The molecular weight excluding hydrogens is 204 g/mol. The van der Waals surface area contributed by atoms with Crippen LogP contribution in [0.2, 0.25) is 0 Å². The van der Waals surface area contributed by atoms with E-state index in [9.17, 15) is 20.0 Å². The topological polar surface area (TPSA) is 116 Å². The van der Waals surface area contributed by atoms with Crippen LogP contribution < -0.4 is 5.73 Å². The number of ether oxygens (including phenoxy) is 1. The number of benzene rings is 1. The number of non-ortho nitro benzene ring substituents is 1. The second-order valence-corrected chi connectivity index (χ2v) is 2.68. The summed E-state index contributed by atoms with van der Waals surface area (Å²) < 4.78 is 4.33. The molecule has 0 saturated heterocycles. The molecule has 0 unspecified atom stereocenters. The smallest absolute Gasteiger partial charge is 0.341 e. The predicted octanol–water partition coefficient (Wildman–Crippen LogP) is 0.669. The van der Waals surface area contributed by atoms with Crippen molar-refractivity contribution in [2.24, 2.45) is 0 Å². The largest absolute Gasteiger partial charge is 0.505 e. The number of nitrogens with two attached hydrogens (primary N) is 1. The number of nitro benzene ring substituents is 1. The van der Waals surface area contributed by atoms with E-state index in [0.717, 1.165) is 19.2 Å². The zero-order chi connectivity index (χ0) is 11.6. The summed E-state index contributed by atoms with van der Waals surface area (Å²) in [6, 6.07) is 1.86. The standard InChI is InChI=1S/C8H8N2O5/c1-15-8(12)5-2-4(10(13)14)3-6(9)7(5)11/h2-3,11H,9H2,1H3. The highest BCUT2D eigenvalue weighted by Crippen LogP contribution is 2.30. The van der Waals surface area contributed by atoms with Crippen LogP contribution in [-0.2, 0) is 4.74 Å². The van der Waals surface area contributed by atoms with Gasteiger partial charge < -0.3 is 15.6 Å². The molecule has 1 aromatic carbocycles. The van der Waals surface area contributed by atoms with Gasteiger partial charge in [0.05, 0.1) is 17.7 Å². The molecule has 1 aromatic rings. The molecule has 7 nitrogen and oxygen atoms in total. The lowest BCUT2D eigenvalue weighted by atomic mass is 10.1. The van der Waals surface area contributed by atoms with Crippen molar-refractivity contribution < 1.29 is 19.6 Å². The van der Waals surface area contributed by atoms with E-state index in [4.69, 9.17) is 5.73 Å². The summed E-state index contributed by atoms with van der Waals surface area (Å²) in [5.41, 5.74) is 4.33. The van der Waals surface area contributed by atoms with E-state index in [1.807, 2.05) is 0 Å². The van der Waals surface area contributed by atoms with E-state index in [1.54, 1.807) is 0 Å². The van der Waals surface area contributed by atoms with Gasteiger partial charge in [0.2, 0.25) is 0 Å². The molecule has 0 aliphatic carbocycles. The van der Waals surface area contributed by atoms with Gasteiger partial charge in [0.1, 0.15) is 5.56 Å². The van der Waals surface area contributed by atoms with Crippen LogP contribution in [0, 0.1) is 10.1 Å². The number of hydrogen-bond donors (Lipinski definition) is 2. The lowest BCUT2D eigenvalue weighted by Gasteiger charge is -2.04. The average molecular weight is 212 g/mol. The number of phenols is 1. The Kier molecular flexibility index (Phi) is 2.75. The van der Waals surface area contributed by atoms with Crippen LogP contribution in [0.5, 0.6) is 5.75 Å². The molecule has 0 radical (unpaired) electrons. The molecule has 0 aromatic heterocycles. The summed E-state index contributed by atoms with van der Waals surface area (Å²) in [5, 5.41) is 19.8. The summed E-state index contributed by atoms with van der Waals surface area (Å²) in [6.45, 7) is 0. The van der Waals surface area contributed by atoms with Gasteiger partial charge in [-0.1, -0.05) is 0 Å². The molecule has 15 heavy (non-hydrogen) atoms. The summed E-state index contributed by atoms with van der Waals surface area (Å²) in [6.07, 6.45) is 0. The summed E-state index contributed by atoms with van der Waals surface area (Å²) in [4.78, 5) is 20.8. The van der Waals surface area contributed by atoms with Crippen LogP contribution in [0.25, 0.3) is 0 Å². The van der Waals surface area contributed by atoms with Crippen LogP contribution in [0.4, 0.5) is 11.4 Å². The minimum Gasteiger partial charge on any atom is -0.505 e. The van der Waals surface area contributed by atoms with Crippen molar-refractivity contribution in [2.45, 2.75) is 0 Å². The first-order valence-corrected chi connectivity index (χ1v) is 3.82. The minimum absolute atomic E-state index is 0.246. The number of carbonyl (C=O) groups is 1. The van der Waals surface area contributed by atoms with Crippen LogP contribution >= 0.6 is 0 Å². The van der Waals surface area contributed by atoms with Crippen molar-refractivity contribution in [1.82, 2.24) is 0 Å². The first-order chi connectivity index (χ1) is 6.97. The Morgan fingerprint density at radius 2 is 2.20 bits per heavy atom. The van der Waals surface area contributed by atoms with Crippen LogP contribution in [0.3, 0.4) is 0 Å². The number of phenolic OH excluding ortho intramolecular Hbond substituents is 1. The predicted molar refractivity (Wildman–Crippen MR) is 50.5 cm³/mol. The monoisotopic (exact) mass is 212 g/mol. The molecule has 0 spiro atoms. The van der Waals surface area contributed by atoms with Crippen molar-refractivity contribution in [3.8, 4) is 5.75 Å². The van der Waals surface area contributed by atoms with E-state index in [1.165, 1.54) is 0 Å². The summed E-state index contributed by atoms with van der Waals surface area (Å²) in [5.74, 6) is -1.41. The van der Waals surface area contributed by atoms with E-state index < -0.39 is 16.6 Å². The third-order valence-corrected chi connectivity index (χ3v) is 1.74. The molecule has 0 bridgehead atoms. The van der Waals surface area contributed by atoms with Gasteiger partial charge in [-0.3, -0.25) is 10.1 Å². The second-order valence-electron chi connectivity index (χ2n) is 2.68. The Morgan fingerprint density at radius 1 is 1.60 bits per heavy atom. The third-order valence-electron chi connectivity index (χ3n) is 1.74. The van der Waals surface area contributed by atoms with Gasteiger partial charge in [-0.05, 0) is 0 Å². The fourth-order valence-electron chi connectivity index (χ4n) is 1.01. The lowest BCUT2D eigenvalue weighted by molar-refractivity contribution is -0.384.